The molecule has 4 heteroatoms. The molecule has 1 amide bonds. The first-order valence-electron chi connectivity index (χ1n) is 6.57. The molecular formula is C13H27BrN2O. The normalized spacial score (nSPS) is 13.2. The average Bonchev–Trinajstić information content (AvgIpc) is 2.27. The van der Waals surface area contributed by atoms with Gasteiger partial charge in [0.05, 0.1) is 4.83 Å². The van der Waals surface area contributed by atoms with E-state index in [1.165, 1.54) is 0 Å². The molecule has 1 unspecified atom stereocenters. The Balaban J connectivity index is 4.33. The van der Waals surface area contributed by atoms with E-state index in [9.17, 15) is 4.79 Å². The van der Waals surface area contributed by atoms with Gasteiger partial charge in [-0.3, -0.25) is 4.79 Å². The molecule has 0 aromatic carbocycles. The summed E-state index contributed by atoms with van der Waals surface area (Å²) in [5.74, 6) is 0.716. The number of likely N-dealkylation sites (N-methyl/N-ethyl adjacent to an activating group) is 1. The summed E-state index contributed by atoms with van der Waals surface area (Å²) < 4.78 is 0. The molecule has 0 spiro atoms. The third kappa shape index (κ3) is 7.04. The lowest BCUT2D eigenvalue weighted by atomic mass is 10.2. The predicted octanol–water partition coefficient (Wildman–Crippen LogP) is 2.60. The van der Waals surface area contributed by atoms with E-state index in [1.807, 2.05) is 11.8 Å². The molecule has 1 atom stereocenters. The second kappa shape index (κ2) is 8.92. The van der Waals surface area contributed by atoms with Crippen molar-refractivity contribution >= 4 is 21.8 Å². The number of hydrogen-bond donors (Lipinski definition) is 0. The van der Waals surface area contributed by atoms with E-state index in [-0.39, 0.29) is 10.7 Å². The molecule has 0 aromatic heterocycles. The van der Waals surface area contributed by atoms with Crippen LogP contribution in [-0.4, -0.2) is 53.3 Å². The fraction of sp³-hybridized carbons (Fsp3) is 0.923. The maximum absolute atomic E-state index is 12.0. The molecule has 0 heterocycles. The van der Waals surface area contributed by atoms with Crippen LogP contribution in [0.3, 0.4) is 0 Å². The summed E-state index contributed by atoms with van der Waals surface area (Å²) in [4.78, 5) is 16.3. The fourth-order valence-electron chi connectivity index (χ4n) is 1.79. The number of carbonyl (C=O) groups is 1. The molecule has 0 aliphatic heterocycles. The van der Waals surface area contributed by atoms with Gasteiger partial charge in [0, 0.05) is 19.6 Å². The topological polar surface area (TPSA) is 23.6 Å². The number of rotatable bonds is 8. The van der Waals surface area contributed by atoms with Crippen LogP contribution in [0.2, 0.25) is 0 Å². The number of carbonyl (C=O) groups excluding carboxylic acids is 1. The third-order valence-corrected chi connectivity index (χ3v) is 3.21. The molecule has 0 saturated carbocycles. The molecule has 17 heavy (non-hydrogen) atoms. The van der Waals surface area contributed by atoms with Gasteiger partial charge in [0.1, 0.15) is 0 Å². The van der Waals surface area contributed by atoms with Crippen LogP contribution in [0.25, 0.3) is 0 Å². The maximum Gasteiger partial charge on any atom is 0.236 e. The molecule has 0 aliphatic carbocycles. The molecule has 0 N–H and O–H groups in total. The van der Waals surface area contributed by atoms with Crippen molar-refractivity contribution in [2.45, 2.75) is 39.4 Å². The van der Waals surface area contributed by atoms with E-state index in [0.717, 1.165) is 32.7 Å². The molecule has 102 valence electrons. The van der Waals surface area contributed by atoms with Crippen LogP contribution in [0.4, 0.5) is 0 Å². The highest BCUT2D eigenvalue weighted by Gasteiger charge is 2.19. The lowest BCUT2D eigenvalue weighted by molar-refractivity contribution is -0.130. The van der Waals surface area contributed by atoms with E-state index in [0.29, 0.717) is 5.92 Å². The Morgan fingerprint density at radius 2 is 1.65 bits per heavy atom. The van der Waals surface area contributed by atoms with Crippen LogP contribution in [0.1, 0.15) is 34.6 Å². The summed E-state index contributed by atoms with van der Waals surface area (Å²) in [5, 5.41) is 0. The van der Waals surface area contributed by atoms with Crippen LogP contribution < -0.4 is 0 Å². The summed E-state index contributed by atoms with van der Waals surface area (Å²) in [6.45, 7) is 15.2. The SMILES string of the molecule is CCN(CC)CCN(CC(C)C)C(=O)C(C)Br. The van der Waals surface area contributed by atoms with E-state index >= 15 is 0 Å². The summed E-state index contributed by atoms with van der Waals surface area (Å²) >= 11 is 3.37. The molecule has 0 fully saturated rings. The number of alkyl halides is 1. The zero-order valence-corrected chi connectivity index (χ0v) is 13.5. The monoisotopic (exact) mass is 306 g/mol. The summed E-state index contributed by atoms with van der Waals surface area (Å²) in [6.07, 6.45) is 0. The Kier molecular flexibility index (Phi) is 8.88. The van der Waals surface area contributed by atoms with Crippen LogP contribution in [0.5, 0.6) is 0 Å². The smallest absolute Gasteiger partial charge is 0.236 e. The zero-order chi connectivity index (χ0) is 13.4. The van der Waals surface area contributed by atoms with Crippen molar-refractivity contribution in [1.82, 2.24) is 9.80 Å². The van der Waals surface area contributed by atoms with Crippen LogP contribution in [-0.2, 0) is 4.79 Å². The lowest BCUT2D eigenvalue weighted by Gasteiger charge is -2.28. The van der Waals surface area contributed by atoms with Crippen molar-refractivity contribution in [3.05, 3.63) is 0 Å². The van der Waals surface area contributed by atoms with Gasteiger partial charge in [0.15, 0.2) is 0 Å². The van der Waals surface area contributed by atoms with E-state index in [1.54, 1.807) is 0 Å². The van der Waals surface area contributed by atoms with Crippen LogP contribution in [0.15, 0.2) is 0 Å². The summed E-state index contributed by atoms with van der Waals surface area (Å²) in [5.41, 5.74) is 0. The highest BCUT2D eigenvalue weighted by Crippen LogP contribution is 2.07. The molecule has 0 rings (SSSR count). The quantitative estimate of drug-likeness (QED) is 0.644. The van der Waals surface area contributed by atoms with E-state index in [4.69, 9.17) is 0 Å². The Hall–Kier alpha value is -0.0900. The minimum atomic E-state index is -0.0852. The lowest BCUT2D eigenvalue weighted by Crippen LogP contribution is -2.43. The molecule has 0 radical (unpaired) electrons. The van der Waals surface area contributed by atoms with Gasteiger partial charge in [-0.2, -0.15) is 0 Å². The summed E-state index contributed by atoms with van der Waals surface area (Å²) in [7, 11) is 0. The number of amides is 1. The Bertz CT molecular complexity index is 215. The standard InChI is InChI=1S/C13H27BrN2O/c1-6-15(7-2)8-9-16(10-11(3)4)13(17)12(5)14/h11-12H,6-10H2,1-5H3. The predicted molar refractivity (Wildman–Crippen MR) is 77.6 cm³/mol. The summed E-state index contributed by atoms with van der Waals surface area (Å²) in [6, 6.07) is 0. The van der Waals surface area contributed by atoms with Gasteiger partial charge in [-0.1, -0.05) is 43.6 Å². The van der Waals surface area contributed by atoms with E-state index < -0.39 is 0 Å². The van der Waals surface area contributed by atoms with Crippen LogP contribution in [0, 0.1) is 5.92 Å². The van der Waals surface area contributed by atoms with Crippen molar-refractivity contribution in [2.75, 3.05) is 32.7 Å². The van der Waals surface area contributed by atoms with Gasteiger partial charge in [-0.05, 0) is 25.9 Å². The largest absolute Gasteiger partial charge is 0.340 e. The first-order valence-corrected chi connectivity index (χ1v) is 7.49. The second-order valence-electron chi connectivity index (χ2n) is 4.82. The minimum Gasteiger partial charge on any atom is -0.340 e. The molecule has 3 nitrogen and oxygen atoms in total. The first-order chi connectivity index (χ1) is 7.92. The number of halogens is 1. The molecule has 0 aliphatic rings. The van der Waals surface area contributed by atoms with Crippen molar-refractivity contribution in [3.8, 4) is 0 Å². The Labute approximate surface area is 115 Å². The van der Waals surface area contributed by atoms with Crippen molar-refractivity contribution in [3.63, 3.8) is 0 Å². The molecular weight excluding hydrogens is 280 g/mol. The maximum atomic E-state index is 12.0. The number of nitrogens with zero attached hydrogens (tertiary/aromatic N) is 2. The Morgan fingerprint density at radius 3 is 2.00 bits per heavy atom. The van der Waals surface area contributed by atoms with Gasteiger partial charge in [0.25, 0.3) is 0 Å². The van der Waals surface area contributed by atoms with Gasteiger partial charge in [-0.25, -0.2) is 0 Å². The second-order valence-corrected chi connectivity index (χ2v) is 6.19. The molecule has 0 bridgehead atoms. The number of hydrogen-bond acceptors (Lipinski definition) is 2. The highest BCUT2D eigenvalue weighted by molar-refractivity contribution is 9.10. The zero-order valence-electron chi connectivity index (χ0n) is 11.9. The van der Waals surface area contributed by atoms with Crippen molar-refractivity contribution in [1.29, 1.82) is 0 Å². The van der Waals surface area contributed by atoms with Gasteiger partial charge >= 0.3 is 0 Å². The Morgan fingerprint density at radius 1 is 1.12 bits per heavy atom. The average molecular weight is 307 g/mol. The fourth-order valence-corrected chi connectivity index (χ4v) is 2.08. The third-order valence-electron chi connectivity index (χ3n) is 2.82. The minimum absolute atomic E-state index is 0.0852. The molecule has 0 saturated heterocycles. The van der Waals surface area contributed by atoms with Crippen molar-refractivity contribution in [2.24, 2.45) is 5.92 Å². The van der Waals surface area contributed by atoms with Gasteiger partial charge in [0.2, 0.25) is 5.91 Å². The van der Waals surface area contributed by atoms with Crippen LogP contribution >= 0.6 is 15.9 Å². The van der Waals surface area contributed by atoms with E-state index in [2.05, 4.69) is 48.5 Å². The van der Waals surface area contributed by atoms with Crippen molar-refractivity contribution < 1.29 is 4.79 Å². The first kappa shape index (κ1) is 16.9. The highest BCUT2D eigenvalue weighted by atomic mass is 79.9. The van der Waals surface area contributed by atoms with Gasteiger partial charge in [-0.15, -0.1) is 0 Å². The van der Waals surface area contributed by atoms with Gasteiger partial charge < -0.3 is 9.80 Å². The molecule has 0 aromatic rings.